The van der Waals surface area contributed by atoms with Gasteiger partial charge in [-0.2, -0.15) is 0 Å². The van der Waals surface area contributed by atoms with Crippen LogP contribution in [0, 0.1) is 9.49 Å². The van der Waals surface area contributed by atoms with Crippen molar-refractivity contribution in [2.75, 3.05) is 6.54 Å². The molecule has 1 aromatic carbocycles. The van der Waals surface area contributed by atoms with Crippen molar-refractivity contribution >= 4 is 40.9 Å². The summed E-state index contributed by atoms with van der Waals surface area (Å²) in [5.74, 6) is 0.549. The third-order valence-corrected chi connectivity index (χ3v) is 4.34. The van der Waals surface area contributed by atoms with E-state index in [1.165, 1.54) is 0 Å². The van der Waals surface area contributed by atoms with E-state index in [4.69, 9.17) is 0 Å². The molecule has 1 aromatic rings. The number of carbonyl (C=O) groups is 1. The van der Waals surface area contributed by atoms with Crippen LogP contribution in [-0.2, 0) is 0 Å². The molecule has 19 heavy (non-hydrogen) atoms. The summed E-state index contributed by atoms with van der Waals surface area (Å²) in [4.78, 5) is 12.2. The summed E-state index contributed by atoms with van der Waals surface area (Å²) in [6.45, 7) is 5.38. The Hall–Kier alpha value is -0.330. The minimum atomic E-state index is 0. The Morgan fingerprint density at radius 1 is 1.32 bits per heavy atom. The molecule has 5 heteroatoms. The summed E-state index contributed by atoms with van der Waals surface area (Å²) in [7, 11) is 0. The quantitative estimate of drug-likeness (QED) is 0.758. The number of rotatable bonds is 2. The molecule has 1 amide bonds. The smallest absolute Gasteiger partial charge is 0.251 e. The molecule has 0 aliphatic carbocycles. The van der Waals surface area contributed by atoms with Crippen LogP contribution in [0.15, 0.2) is 24.3 Å². The molecule has 2 N–H and O–H groups in total. The van der Waals surface area contributed by atoms with Crippen molar-refractivity contribution in [1.29, 1.82) is 0 Å². The number of amides is 1. The zero-order valence-electron chi connectivity index (χ0n) is 11.2. The molecule has 2 rings (SSSR count). The van der Waals surface area contributed by atoms with Crippen molar-refractivity contribution in [3.05, 3.63) is 33.4 Å². The fraction of sp³-hybridized carbons (Fsp3) is 0.500. The Labute approximate surface area is 134 Å². The van der Waals surface area contributed by atoms with Gasteiger partial charge < -0.3 is 10.6 Å². The van der Waals surface area contributed by atoms with Gasteiger partial charge in [0.15, 0.2) is 0 Å². The second kappa shape index (κ2) is 7.45. The molecule has 0 saturated carbocycles. The van der Waals surface area contributed by atoms with Gasteiger partial charge in [0.05, 0.1) is 0 Å². The number of hydrogen-bond donors (Lipinski definition) is 2. The zero-order chi connectivity index (χ0) is 13.1. The van der Waals surface area contributed by atoms with Crippen molar-refractivity contribution in [1.82, 2.24) is 10.6 Å². The lowest BCUT2D eigenvalue weighted by atomic mass is 9.89. The Kier molecular flexibility index (Phi) is 6.56. The molecule has 1 aliphatic rings. The van der Waals surface area contributed by atoms with Crippen LogP contribution in [0.3, 0.4) is 0 Å². The third-order valence-electron chi connectivity index (χ3n) is 3.62. The van der Waals surface area contributed by atoms with E-state index in [0.717, 1.165) is 22.1 Å². The summed E-state index contributed by atoms with van der Waals surface area (Å²) < 4.78 is 1.14. The first-order valence-corrected chi connectivity index (χ1v) is 7.45. The molecule has 3 unspecified atom stereocenters. The fourth-order valence-electron chi connectivity index (χ4n) is 2.44. The van der Waals surface area contributed by atoms with Crippen LogP contribution in [-0.4, -0.2) is 24.5 Å². The lowest BCUT2D eigenvalue weighted by Crippen LogP contribution is -2.55. The van der Waals surface area contributed by atoms with E-state index in [1.54, 1.807) is 0 Å². The van der Waals surface area contributed by atoms with E-state index >= 15 is 0 Å². The molecule has 0 aromatic heterocycles. The van der Waals surface area contributed by atoms with Crippen molar-refractivity contribution in [2.45, 2.75) is 32.4 Å². The largest absolute Gasteiger partial charge is 0.347 e. The van der Waals surface area contributed by atoms with E-state index in [0.29, 0.717) is 12.0 Å². The van der Waals surface area contributed by atoms with Gasteiger partial charge in [0.1, 0.15) is 0 Å². The molecule has 3 nitrogen and oxygen atoms in total. The SMILES string of the molecule is CC1CCNC(C)C1NC(=O)c1ccc(I)cc1.Cl. The summed E-state index contributed by atoms with van der Waals surface area (Å²) >= 11 is 2.24. The lowest BCUT2D eigenvalue weighted by Gasteiger charge is -2.36. The van der Waals surface area contributed by atoms with Crippen LogP contribution in [0.25, 0.3) is 0 Å². The van der Waals surface area contributed by atoms with Gasteiger partial charge in [0.2, 0.25) is 0 Å². The third kappa shape index (κ3) is 4.33. The van der Waals surface area contributed by atoms with Gasteiger partial charge in [-0.05, 0) is 72.7 Å². The van der Waals surface area contributed by atoms with Gasteiger partial charge in [-0.3, -0.25) is 4.79 Å². The van der Waals surface area contributed by atoms with Crippen LogP contribution in [0.1, 0.15) is 30.6 Å². The Bertz CT molecular complexity index is 414. The number of hydrogen-bond acceptors (Lipinski definition) is 2. The van der Waals surface area contributed by atoms with Crippen LogP contribution in [0.5, 0.6) is 0 Å². The number of halogens is 2. The van der Waals surface area contributed by atoms with Crippen LogP contribution in [0.4, 0.5) is 0 Å². The second-order valence-corrected chi connectivity index (χ2v) is 6.26. The summed E-state index contributed by atoms with van der Waals surface area (Å²) in [5, 5.41) is 6.56. The monoisotopic (exact) mass is 394 g/mol. The lowest BCUT2D eigenvalue weighted by molar-refractivity contribution is 0.0897. The average Bonchev–Trinajstić information content (AvgIpc) is 2.34. The molecule has 0 radical (unpaired) electrons. The highest BCUT2D eigenvalue weighted by molar-refractivity contribution is 14.1. The minimum Gasteiger partial charge on any atom is -0.347 e. The van der Waals surface area contributed by atoms with E-state index in [9.17, 15) is 4.79 Å². The Morgan fingerprint density at radius 3 is 2.53 bits per heavy atom. The maximum Gasteiger partial charge on any atom is 0.251 e. The topological polar surface area (TPSA) is 41.1 Å². The zero-order valence-corrected chi connectivity index (χ0v) is 14.1. The maximum atomic E-state index is 12.2. The normalized spacial score (nSPS) is 26.4. The molecule has 1 aliphatic heterocycles. The van der Waals surface area contributed by atoms with Crippen LogP contribution in [0.2, 0.25) is 0 Å². The van der Waals surface area contributed by atoms with E-state index in [-0.39, 0.29) is 24.4 Å². The highest BCUT2D eigenvalue weighted by Crippen LogP contribution is 2.17. The maximum absolute atomic E-state index is 12.2. The van der Waals surface area contributed by atoms with Crippen LogP contribution >= 0.6 is 35.0 Å². The first-order chi connectivity index (χ1) is 8.58. The molecule has 1 saturated heterocycles. The highest BCUT2D eigenvalue weighted by atomic mass is 127. The molecular weight excluding hydrogens is 375 g/mol. The summed E-state index contributed by atoms with van der Waals surface area (Å²) in [5.41, 5.74) is 0.736. The van der Waals surface area contributed by atoms with Gasteiger partial charge in [-0.1, -0.05) is 6.92 Å². The minimum absolute atomic E-state index is 0. The van der Waals surface area contributed by atoms with Crippen molar-refractivity contribution in [3.8, 4) is 0 Å². The Balaban J connectivity index is 0.00000180. The molecule has 1 heterocycles. The van der Waals surface area contributed by atoms with E-state index < -0.39 is 0 Å². The van der Waals surface area contributed by atoms with Gasteiger partial charge in [-0.15, -0.1) is 12.4 Å². The fourth-order valence-corrected chi connectivity index (χ4v) is 2.80. The average molecular weight is 395 g/mol. The second-order valence-electron chi connectivity index (χ2n) is 5.01. The standard InChI is InChI=1S/C14H19IN2O.ClH/c1-9-7-8-16-10(2)13(9)17-14(18)11-3-5-12(15)6-4-11;/h3-6,9-10,13,16H,7-8H2,1-2H3,(H,17,18);1H. The Morgan fingerprint density at radius 2 is 1.95 bits per heavy atom. The number of nitrogens with one attached hydrogen (secondary N) is 2. The van der Waals surface area contributed by atoms with Crippen molar-refractivity contribution < 1.29 is 4.79 Å². The van der Waals surface area contributed by atoms with Gasteiger partial charge in [0.25, 0.3) is 5.91 Å². The van der Waals surface area contributed by atoms with E-state index in [1.807, 2.05) is 24.3 Å². The number of benzene rings is 1. The van der Waals surface area contributed by atoms with E-state index in [2.05, 4.69) is 47.1 Å². The highest BCUT2D eigenvalue weighted by Gasteiger charge is 2.28. The molecule has 1 fully saturated rings. The van der Waals surface area contributed by atoms with Gasteiger partial charge in [-0.25, -0.2) is 0 Å². The molecule has 3 atom stereocenters. The summed E-state index contributed by atoms with van der Waals surface area (Å²) in [6, 6.07) is 8.22. The predicted octanol–water partition coefficient (Wildman–Crippen LogP) is 2.83. The van der Waals surface area contributed by atoms with Gasteiger partial charge in [0, 0.05) is 21.2 Å². The molecule has 0 bridgehead atoms. The van der Waals surface area contributed by atoms with Gasteiger partial charge >= 0.3 is 0 Å². The number of piperidine rings is 1. The molecular formula is C14H20ClIN2O. The van der Waals surface area contributed by atoms with Crippen LogP contribution < -0.4 is 10.6 Å². The van der Waals surface area contributed by atoms with Crippen molar-refractivity contribution in [2.24, 2.45) is 5.92 Å². The van der Waals surface area contributed by atoms with Crippen molar-refractivity contribution in [3.63, 3.8) is 0 Å². The predicted molar refractivity (Wildman–Crippen MR) is 88.9 cm³/mol. The molecule has 106 valence electrons. The summed E-state index contributed by atoms with van der Waals surface area (Å²) in [6.07, 6.45) is 1.11. The first-order valence-electron chi connectivity index (χ1n) is 6.37. The molecule has 0 spiro atoms. The number of carbonyl (C=O) groups excluding carboxylic acids is 1. The first kappa shape index (κ1) is 16.7.